The zero-order valence-electron chi connectivity index (χ0n) is 15.1. The normalized spacial score (nSPS) is 16.7. The van der Waals surface area contributed by atoms with Crippen molar-refractivity contribution in [1.82, 2.24) is 25.0 Å². The van der Waals surface area contributed by atoms with Crippen LogP contribution in [-0.2, 0) is 13.1 Å². The summed E-state index contributed by atoms with van der Waals surface area (Å²) in [6, 6.07) is 8.68. The van der Waals surface area contributed by atoms with E-state index in [-0.39, 0.29) is 37.4 Å². The van der Waals surface area contributed by atoms with Crippen molar-refractivity contribution in [2.45, 2.75) is 38.9 Å². The number of H-pyrrole nitrogens is 1. The molecule has 1 fully saturated rings. The van der Waals surface area contributed by atoms with Crippen molar-refractivity contribution in [3.8, 4) is 11.3 Å². The fourth-order valence-electron chi connectivity index (χ4n) is 3.41. The van der Waals surface area contributed by atoms with E-state index in [2.05, 4.69) is 56.2 Å². The standard InChI is InChI=1S/C18H22N6O.2ClH/c1-12-4-2-5-13(8-12)14-10-20-18(21-14)15-6-3-7-24(15)11-16-22-17(9-19)25-23-16;;/h2,4-5,8,10,15H,3,6-7,9,11,19H2,1H3,(H,20,21);2*1H. The molecule has 0 aliphatic carbocycles. The molecule has 0 saturated carbocycles. The minimum Gasteiger partial charge on any atom is -0.341 e. The second-order valence-electron chi connectivity index (χ2n) is 6.49. The first-order chi connectivity index (χ1) is 12.2. The third-order valence-electron chi connectivity index (χ3n) is 4.63. The van der Waals surface area contributed by atoms with E-state index in [0.717, 1.165) is 36.5 Å². The summed E-state index contributed by atoms with van der Waals surface area (Å²) >= 11 is 0. The molecule has 1 unspecified atom stereocenters. The Morgan fingerprint density at radius 1 is 1.33 bits per heavy atom. The predicted octanol–water partition coefficient (Wildman–Crippen LogP) is 3.41. The van der Waals surface area contributed by atoms with Crippen LogP contribution in [-0.4, -0.2) is 31.6 Å². The van der Waals surface area contributed by atoms with Crippen molar-refractivity contribution >= 4 is 24.8 Å². The van der Waals surface area contributed by atoms with E-state index in [1.54, 1.807) is 0 Å². The molecule has 3 N–H and O–H groups in total. The Hall–Kier alpha value is -1.93. The zero-order valence-corrected chi connectivity index (χ0v) is 16.7. The molecule has 7 nitrogen and oxygen atoms in total. The van der Waals surface area contributed by atoms with Gasteiger partial charge >= 0.3 is 0 Å². The molecule has 1 aliphatic heterocycles. The van der Waals surface area contributed by atoms with Crippen LogP contribution in [0.15, 0.2) is 35.0 Å². The molecule has 0 bridgehead atoms. The van der Waals surface area contributed by atoms with Gasteiger partial charge in [-0.25, -0.2) is 4.98 Å². The molecule has 2 aromatic heterocycles. The Bertz CT molecular complexity index is 865. The van der Waals surface area contributed by atoms with Crippen LogP contribution >= 0.6 is 24.8 Å². The fraction of sp³-hybridized carbons (Fsp3) is 0.389. The maximum Gasteiger partial charge on any atom is 0.240 e. The van der Waals surface area contributed by atoms with Gasteiger partial charge in [-0.2, -0.15) is 4.98 Å². The monoisotopic (exact) mass is 410 g/mol. The van der Waals surface area contributed by atoms with Gasteiger partial charge in [0.25, 0.3) is 0 Å². The third-order valence-corrected chi connectivity index (χ3v) is 4.63. The second kappa shape index (κ2) is 9.32. The van der Waals surface area contributed by atoms with Gasteiger partial charge in [0.15, 0.2) is 5.82 Å². The number of nitrogens with zero attached hydrogens (tertiary/aromatic N) is 4. The Morgan fingerprint density at radius 3 is 2.93 bits per heavy atom. The highest BCUT2D eigenvalue weighted by Crippen LogP contribution is 2.32. The number of nitrogens with two attached hydrogens (primary N) is 1. The average molecular weight is 411 g/mol. The molecule has 146 valence electrons. The van der Waals surface area contributed by atoms with Gasteiger partial charge in [-0.1, -0.05) is 28.9 Å². The number of halogens is 2. The van der Waals surface area contributed by atoms with Crippen LogP contribution < -0.4 is 5.73 Å². The number of hydrogen-bond donors (Lipinski definition) is 2. The fourth-order valence-corrected chi connectivity index (χ4v) is 3.41. The van der Waals surface area contributed by atoms with E-state index >= 15 is 0 Å². The van der Waals surface area contributed by atoms with Crippen LogP contribution in [0.25, 0.3) is 11.3 Å². The molecule has 1 aromatic carbocycles. The van der Waals surface area contributed by atoms with Crippen molar-refractivity contribution in [3.63, 3.8) is 0 Å². The summed E-state index contributed by atoms with van der Waals surface area (Å²) in [5.74, 6) is 2.15. The van der Waals surface area contributed by atoms with Crippen molar-refractivity contribution < 1.29 is 4.52 Å². The summed E-state index contributed by atoms with van der Waals surface area (Å²) in [5.41, 5.74) is 8.99. The summed E-state index contributed by atoms with van der Waals surface area (Å²) < 4.78 is 5.10. The quantitative estimate of drug-likeness (QED) is 0.668. The van der Waals surface area contributed by atoms with Gasteiger partial charge in [-0.05, 0) is 37.9 Å². The van der Waals surface area contributed by atoms with E-state index in [9.17, 15) is 0 Å². The minimum atomic E-state index is 0. The van der Waals surface area contributed by atoms with Crippen LogP contribution in [0.2, 0.25) is 0 Å². The maximum absolute atomic E-state index is 5.53. The number of nitrogens with one attached hydrogen (secondary N) is 1. The van der Waals surface area contributed by atoms with Crippen molar-refractivity contribution in [2.75, 3.05) is 6.54 Å². The Labute approximate surface area is 170 Å². The number of imidazole rings is 1. The van der Waals surface area contributed by atoms with Gasteiger partial charge in [-0.15, -0.1) is 24.8 Å². The molecule has 27 heavy (non-hydrogen) atoms. The molecular formula is C18H24Cl2N6O. The number of aromatic nitrogens is 4. The molecule has 4 rings (SSSR count). The van der Waals surface area contributed by atoms with E-state index in [0.29, 0.717) is 18.3 Å². The zero-order chi connectivity index (χ0) is 17.2. The highest BCUT2D eigenvalue weighted by molar-refractivity contribution is 5.85. The highest BCUT2D eigenvalue weighted by Gasteiger charge is 2.29. The number of aromatic amines is 1. The first kappa shape index (κ1) is 21.4. The van der Waals surface area contributed by atoms with E-state index in [1.807, 2.05) is 6.20 Å². The van der Waals surface area contributed by atoms with Crippen LogP contribution in [0, 0.1) is 6.92 Å². The lowest BCUT2D eigenvalue weighted by molar-refractivity contribution is 0.231. The lowest BCUT2D eigenvalue weighted by Crippen LogP contribution is -2.24. The summed E-state index contributed by atoms with van der Waals surface area (Å²) in [6.45, 7) is 4.01. The van der Waals surface area contributed by atoms with Crippen molar-refractivity contribution in [3.05, 3.63) is 53.6 Å². The topological polar surface area (TPSA) is 96.9 Å². The summed E-state index contributed by atoms with van der Waals surface area (Å²) in [7, 11) is 0. The van der Waals surface area contributed by atoms with E-state index in [1.165, 1.54) is 5.56 Å². The van der Waals surface area contributed by atoms with Gasteiger partial charge < -0.3 is 15.2 Å². The van der Waals surface area contributed by atoms with E-state index < -0.39 is 0 Å². The molecule has 0 amide bonds. The number of benzene rings is 1. The molecule has 3 heterocycles. The summed E-state index contributed by atoms with van der Waals surface area (Å²) in [4.78, 5) is 14.8. The molecular weight excluding hydrogens is 387 g/mol. The van der Waals surface area contributed by atoms with Crippen LogP contribution in [0.1, 0.15) is 42.0 Å². The van der Waals surface area contributed by atoms with Crippen LogP contribution in [0.5, 0.6) is 0 Å². The molecule has 0 spiro atoms. The average Bonchev–Trinajstić information content (AvgIpc) is 3.35. The van der Waals surface area contributed by atoms with Gasteiger partial charge in [0.2, 0.25) is 5.89 Å². The third kappa shape index (κ3) is 4.68. The van der Waals surface area contributed by atoms with Crippen molar-refractivity contribution in [1.29, 1.82) is 0 Å². The lowest BCUT2D eigenvalue weighted by atomic mass is 10.1. The SMILES string of the molecule is Cc1cccc(-c2cnc(C3CCCN3Cc3noc(CN)n3)[nH]2)c1.Cl.Cl. The van der Waals surface area contributed by atoms with Gasteiger partial charge in [-0.3, -0.25) is 4.90 Å². The Kier molecular flexibility index (Phi) is 7.38. The van der Waals surface area contributed by atoms with E-state index in [4.69, 9.17) is 10.3 Å². The second-order valence-corrected chi connectivity index (χ2v) is 6.49. The van der Waals surface area contributed by atoms with Gasteiger partial charge in [0.05, 0.1) is 31.0 Å². The molecule has 1 atom stereocenters. The highest BCUT2D eigenvalue weighted by atomic mass is 35.5. The van der Waals surface area contributed by atoms with Gasteiger partial charge in [0, 0.05) is 0 Å². The molecule has 1 aliphatic rings. The molecule has 1 saturated heterocycles. The lowest BCUT2D eigenvalue weighted by Gasteiger charge is -2.20. The number of hydrogen-bond acceptors (Lipinski definition) is 6. The van der Waals surface area contributed by atoms with Crippen LogP contribution in [0.4, 0.5) is 0 Å². The largest absolute Gasteiger partial charge is 0.341 e. The first-order valence-electron chi connectivity index (χ1n) is 8.60. The molecule has 3 aromatic rings. The number of aryl methyl sites for hydroxylation is 1. The number of likely N-dealkylation sites (tertiary alicyclic amines) is 1. The Balaban J connectivity index is 0.00000131. The van der Waals surface area contributed by atoms with Crippen molar-refractivity contribution in [2.24, 2.45) is 5.73 Å². The summed E-state index contributed by atoms with van der Waals surface area (Å²) in [6.07, 6.45) is 4.12. The van der Waals surface area contributed by atoms with Crippen LogP contribution in [0.3, 0.4) is 0 Å². The molecule has 0 radical (unpaired) electrons. The number of rotatable bonds is 5. The first-order valence-corrected chi connectivity index (χ1v) is 8.60. The summed E-state index contributed by atoms with van der Waals surface area (Å²) in [5, 5.41) is 4.00. The van der Waals surface area contributed by atoms with Gasteiger partial charge in [0.1, 0.15) is 5.82 Å². The smallest absolute Gasteiger partial charge is 0.240 e. The molecule has 9 heteroatoms. The minimum absolute atomic E-state index is 0. The Morgan fingerprint density at radius 2 is 2.19 bits per heavy atom. The predicted molar refractivity (Wildman–Crippen MR) is 108 cm³/mol. The maximum atomic E-state index is 5.53.